The number of carbonyl (C=O) groups is 2. The van der Waals surface area contributed by atoms with E-state index in [1.165, 1.54) is 19.3 Å². The molecule has 2 amide bonds. The first-order valence-corrected chi connectivity index (χ1v) is 10.0. The van der Waals surface area contributed by atoms with Crippen molar-refractivity contribution >= 4 is 11.8 Å². The normalized spacial score (nSPS) is 23.8. The van der Waals surface area contributed by atoms with Crippen LogP contribution < -0.4 is 0 Å². The Labute approximate surface area is 155 Å². The molecule has 2 fully saturated rings. The number of nitrogens with zero attached hydrogens (tertiary/aromatic N) is 4. The molecular weight excluding hydrogens is 328 g/mol. The summed E-state index contributed by atoms with van der Waals surface area (Å²) in [5, 5.41) is 0. The van der Waals surface area contributed by atoms with E-state index < -0.39 is 0 Å². The number of hydrogen-bond acceptors (Lipinski definition) is 4. The van der Waals surface area contributed by atoms with Crippen LogP contribution in [-0.4, -0.2) is 44.7 Å². The molecule has 4 rings (SSSR count). The zero-order valence-corrected chi connectivity index (χ0v) is 15.6. The third-order valence-electron chi connectivity index (χ3n) is 6.19. The van der Waals surface area contributed by atoms with Crippen molar-refractivity contribution < 1.29 is 9.59 Å². The van der Waals surface area contributed by atoms with Crippen LogP contribution in [0.15, 0.2) is 6.20 Å². The van der Waals surface area contributed by atoms with E-state index in [-0.39, 0.29) is 17.9 Å². The van der Waals surface area contributed by atoms with Crippen molar-refractivity contribution in [2.45, 2.75) is 70.9 Å². The highest BCUT2D eigenvalue weighted by molar-refractivity contribution is 5.79. The van der Waals surface area contributed by atoms with Crippen LogP contribution >= 0.6 is 0 Å². The van der Waals surface area contributed by atoms with Gasteiger partial charge in [0.15, 0.2) is 5.82 Å². The molecule has 1 saturated heterocycles. The highest BCUT2D eigenvalue weighted by Crippen LogP contribution is 2.35. The topological polar surface area (TPSA) is 66.4 Å². The van der Waals surface area contributed by atoms with E-state index in [1.54, 1.807) is 6.92 Å². The average Bonchev–Trinajstić information content (AvgIpc) is 3.17. The standard InChI is InChI=1S/C20H28N4O2/c1-14(25)23-11-9-17-16(13-23)12-21-19(22-17)18-8-5-10-24(18)20(26)15-6-3-2-4-7-15/h12,15,18H,2-11,13H2,1H3/t18-/m1/s1. The van der Waals surface area contributed by atoms with E-state index in [0.717, 1.165) is 55.7 Å². The molecule has 0 spiro atoms. The molecule has 1 saturated carbocycles. The zero-order chi connectivity index (χ0) is 18.1. The fraction of sp³-hybridized carbons (Fsp3) is 0.700. The van der Waals surface area contributed by atoms with Crippen LogP contribution in [0.5, 0.6) is 0 Å². The minimum atomic E-state index is 0.0283. The van der Waals surface area contributed by atoms with Gasteiger partial charge in [0.25, 0.3) is 0 Å². The maximum absolute atomic E-state index is 13.0. The molecule has 0 radical (unpaired) electrons. The van der Waals surface area contributed by atoms with Gasteiger partial charge in [0, 0.05) is 50.7 Å². The first-order chi connectivity index (χ1) is 12.6. The Balaban J connectivity index is 1.51. The average molecular weight is 356 g/mol. The lowest BCUT2D eigenvalue weighted by molar-refractivity contribution is -0.137. The van der Waals surface area contributed by atoms with Gasteiger partial charge < -0.3 is 9.80 Å². The molecule has 2 aliphatic heterocycles. The van der Waals surface area contributed by atoms with E-state index in [2.05, 4.69) is 4.98 Å². The van der Waals surface area contributed by atoms with Crippen molar-refractivity contribution in [3.05, 3.63) is 23.3 Å². The number of amides is 2. The number of aromatic nitrogens is 2. The number of likely N-dealkylation sites (tertiary alicyclic amines) is 1. The molecule has 6 heteroatoms. The third-order valence-corrected chi connectivity index (χ3v) is 6.19. The van der Waals surface area contributed by atoms with Crippen LogP contribution in [0, 0.1) is 5.92 Å². The lowest BCUT2D eigenvalue weighted by Gasteiger charge is -2.31. The second-order valence-electron chi connectivity index (χ2n) is 7.92. The van der Waals surface area contributed by atoms with Crippen molar-refractivity contribution in [3.8, 4) is 0 Å². The number of fused-ring (bicyclic) bond motifs is 1. The molecule has 26 heavy (non-hydrogen) atoms. The van der Waals surface area contributed by atoms with Crippen molar-refractivity contribution in [2.24, 2.45) is 5.92 Å². The lowest BCUT2D eigenvalue weighted by atomic mass is 9.88. The van der Waals surface area contributed by atoms with Crippen molar-refractivity contribution in [1.29, 1.82) is 0 Å². The molecule has 0 bridgehead atoms. The quantitative estimate of drug-likeness (QED) is 0.817. The molecule has 140 valence electrons. The van der Waals surface area contributed by atoms with Crippen molar-refractivity contribution in [2.75, 3.05) is 13.1 Å². The lowest BCUT2D eigenvalue weighted by Crippen LogP contribution is -2.38. The van der Waals surface area contributed by atoms with Crippen LogP contribution in [0.2, 0.25) is 0 Å². The molecule has 0 aromatic carbocycles. The minimum Gasteiger partial charge on any atom is -0.338 e. The molecule has 1 aromatic heterocycles. The molecule has 1 aromatic rings. The number of rotatable bonds is 2. The van der Waals surface area contributed by atoms with Gasteiger partial charge in [0.05, 0.1) is 11.7 Å². The van der Waals surface area contributed by atoms with Gasteiger partial charge in [-0.3, -0.25) is 9.59 Å². The fourth-order valence-electron chi connectivity index (χ4n) is 4.64. The van der Waals surface area contributed by atoms with Gasteiger partial charge in [0.1, 0.15) is 0 Å². The predicted octanol–water partition coefficient (Wildman–Crippen LogP) is 2.63. The second kappa shape index (κ2) is 7.33. The van der Waals surface area contributed by atoms with Gasteiger partial charge in [-0.2, -0.15) is 0 Å². The molecule has 3 heterocycles. The van der Waals surface area contributed by atoms with Crippen LogP contribution in [-0.2, 0) is 22.6 Å². The van der Waals surface area contributed by atoms with Gasteiger partial charge in [0.2, 0.25) is 11.8 Å². The second-order valence-corrected chi connectivity index (χ2v) is 7.92. The summed E-state index contributed by atoms with van der Waals surface area (Å²) in [4.78, 5) is 37.9. The highest BCUT2D eigenvalue weighted by Gasteiger charge is 2.36. The summed E-state index contributed by atoms with van der Waals surface area (Å²) in [6, 6.07) is 0.0283. The number of hydrogen-bond donors (Lipinski definition) is 0. The van der Waals surface area contributed by atoms with E-state index in [9.17, 15) is 9.59 Å². The maximum atomic E-state index is 13.0. The Morgan fingerprint density at radius 3 is 2.65 bits per heavy atom. The predicted molar refractivity (Wildman–Crippen MR) is 97.1 cm³/mol. The Hall–Kier alpha value is -1.98. The van der Waals surface area contributed by atoms with Crippen LogP contribution in [0.4, 0.5) is 0 Å². The monoisotopic (exact) mass is 356 g/mol. The Morgan fingerprint density at radius 2 is 1.88 bits per heavy atom. The van der Waals surface area contributed by atoms with Gasteiger partial charge in [-0.15, -0.1) is 0 Å². The first-order valence-electron chi connectivity index (χ1n) is 10.0. The molecule has 6 nitrogen and oxygen atoms in total. The largest absolute Gasteiger partial charge is 0.338 e. The molecule has 3 aliphatic rings. The van der Waals surface area contributed by atoms with E-state index in [1.807, 2.05) is 16.0 Å². The maximum Gasteiger partial charge on any atom is 0.226 e. The first kappa shape index (κ1) is 17.4. The van der Waals surface area contributed by atoms with Gasteiger partial charge in [-0.05, 0) is 25.7 Å². The summed E-state index contributed by atoms with van der Waals surface area (Å²) in [7, 11) is 0. The molecule has 1 aliphatic carbocycles. The van der Waals surface area contributed by atoms with Crippen LogP contribution in [0.3, 0.4) is 0 Å². The smallest absolute Gasteiger partial charge is 0.226 e. The molecule has 1 atom stereocenters. The summed E-state index contributed by atoms with van der Waals surface area (Å²) < 4.78 is 0. The van der Waals surface area contributed by atoms with Crippen molar-refractivity contribution in [3.63, 3.8) is 0 Å². The Bertz CT molecular complexity index is 699. The molecule has 0 unspecified atom stereocenters. The molecular formula is C20H28N4O2. The fourth-order valence-corrected chi connectivity index (χ4v) is 4.64. The SMILES string of the molecule is CC(=O)N1CCc2nc([C@H]3CCCN3C(=O)C3CCCCC3)ncc2C1. The summed E-state index contributed by atoms with van der Waals surface area (Å²) in [5.41, 5.74) is 2.09. The zero-order valence-electron chi connectivity index (χ0n) is 15.6. The van der Waals surface area contributed by atoms with Gasteiger partial charge in [-0.25, -0.2) is 9.97 Å². The Morgan fingerprint density at radius 1 is 1.08 bits per heavy atom. The Kier molecular flexibility index (Phi) is 4.92. The minimum absolute atomic E-state index is 0.0283. The van der Waals surface area contributed by atoms with E-state index in [4.69, 9.17) is 4.98 Å². The van der Waals surface area contributed by atoms with Gasteiger partial charge in [-0.1, -0.05) is 19.3 Å². The summed E-state index contributed by atoms with van der Waals surface area (Å²) in [5.74, 6) is 1.41. The van der Waals surface area contributed by atoms with E-state index >= 15 is 0 Å². The van der Waals surface area contributed by atoms with Crippen molar-refractivity contribution in [1.82, 2.24) is 19.8 Å². The van der Waals surface area contributed by atoms with Crippen LogP contribution in [0.25, 0.3) is 0 Å². The highest BCUT2D eigenvalue weighted by atomic mass is 16.2. The number of carbonyl (C=O) groups excluding carboxylic acids is 2. The third kappa shape index (κ3) is 3.33. The van der Waals surface area contributed by atoms with Gasteiger partial charge >= 0.3 is 0 Å². The summed E-state index contributed by atoms with van der Waals surface area (Å²) in [6.07, 6.45) is 10.3. The summed E-state index contributed by atoms with van der Waals surface area (Å²) in [6.45, 7) is 3.75. The van der Waals surface area contributed by atoms with Crippen LogP contribution in [0.1, 0.15) is 75.0 Å². The molecule has 0 N–H and O–H groups in total. The summed E-state index contributed by atoms with van der Waals surface area (Å²) >= 11 is 0. The van der Waals surface area contributed by atoms with E-state index in [0.29, 0.717) is 19.0 Å².